The first-order chi connectivity index (χ1) is 15.2. The molecule has 0 unspecified atom stereocenters. The number of aromatic nitrogens is 2. The summed E-state index contributed by atoms with van der Waals surface area (Å²) < 4.78 is 27.0. The molecule has 0 spiro atoms. The van der Waals surface area contributed by atoms with E-state index in [0.29, 0.717) is 27.5 Å². The van der Waals surface area contributed by atoms with Crippen molar-refractivity contribution in [2.75, 3.05) is 21.6 Å². The van der Waals surface area contributed by atoms with Gasteiger partial charge in [-0.15, -0.1) is 11.3 Å². The van der Waals surface area contributed by atoms with E-state index < -0.39 is 15.9 Å². The molecule has 0 bridgehead atoms. The predicted octanol–water partition coefficient (Wildman–Crippen LogP) is 3.51. The van der Waals surface area contributed by atoms with E-state index in [-0.39, 0.29) is 5.91 Å². The van der Waals surface area contributed by atoms with E-state index in [2.05, 4.69) is 20.3 Å². The number of hydrogen-bond acceptors (Lipinski definition) is 6. The van der Waals surface area contributed by atoms with Gasteiger partial charge >= 0.3 is 0 Å². The number of anilines is 3. The summed E-state index contributed by atoms with van der Waals surface area (Å²) in [4.78, 5) is 29.8. The lowest BCUT2D eigenvalue weighted by molar-refractivity contribution is 0.102. The third-order valence-electron chi connectivity index (χ3n) is 4.49. The average molecular weight is 470 g/mol. The van der Waals surface area contributed by atoms with E-state index in [1.165, 1.54) is 12.1 Å². The zero-order valence-corrected chi connectivity index (χ0v) is 18.8. The molecule has 11 heteroatoms. The van der Waals surface area contributed by atoms with Crippen LogP contribution in [0, 0.1) is 0 Å². The van der Waals surface area contributed by atoms with Crippen LogP contribution in [-0.4, -0.2) is 36.0 Å². The maximum absolute atomic E-state index is 12.6. The first kappa shape index (κ1) is 21.5. The molecule has 2 heterocycles. The molecule has 4 rings (SSSR count). The highest BCUT2D eigenvalue weighted by Gasteiger charge is 2.15. The van der Waals surface area contributed by atoms with Crippen LogP contribution in [-0.2, 0) is 17.1 Å². The number of hydrogen-bond donors (Lipinski definition) is 3. The Balaban J connectivity index is 1.44. The fourth-order valence-electron chi connectivity index (χ4n) is 3.05. The van der Waals surface area contributed by atoms with Crippen LogP contribution in [0.3, 0.4) is 0 Å². The Kier molecular flexibility index (Phi) is 5.68. The number of nitrogens with one attached hydrogen (secondary N) is 3. The van der Waals surface area contributed by atoms with Gasteiger partial charge in [-0.05, 0) is 42.5 Å². The summed E-state index contributed by atoms with van der Waals surface area (Å²) in [6.07, 6.45) is 2.75. The number of fused-ring (bicyclic) bond motifs is 1. The molecule has 0 atom stereocenters. The Bertz CT molecular complexity index is 1440. The summed E-state index contributed by atoms with van der Waals surface area (Å²) >= 11 is 1.14. The van der Waals surface area contributed by atoms with Crippen molar-refractivity contribution in [3.05, 3.63) is 70.7 Å². The first-order valence-corrected chi connectivity index (χ1v) is 12.2. The summed E-state index contributed by atoms with van der Waals surface area (Å²) in [5.74, 6) is -0.733. The zero-order valence-electron chi connectivity index (χ0n) is 17.1. The van der Waals surface area contributed by atoms with E-state index in [0.717, 1.165) is 28.6 Å². The number of thiophene rings is 1. The van der Waals surface area contributed by atoms with Crippen molar-refractivity contribution >= 4 is 61.3 Å². The first-order valence-electron chi connectivity index (χ1n) is 9.38. The van der Waals surface area contributed by atoms with Gasteiger partial charge in [0.2, 0.25) is 10.0 Å². The van der Waals surface area contributed by atoms with Crippen molar-refractivity contribution in [1.29, 1.82) is 0 Å². The van der Waals surface area contributed by atoms with Gasteiger partial charge in [-0.25, -0.2) is 13.4 Å². The van der Waals surface area contributed by atoms with Gasteiger partial charge < -0.3 is 15.2 Å². The van der Waals surface area contributed by atoms with Crippen LogP contribution in [0.2, 0.25) is 0 Å². The number of amides is 2. The van der Waals surface area contributed by atoms with Crippen LogP contribution in [0.25, 0.3) is 11.0 Å². The topological polar surface area (TPSA) is 122 Å². The van der Waals surface area contributed by atoms with Gasteiger partial charge in [0.1, 0.15) is 0 Å². The maximum Gasteiger partial charge on any atom is 0.265 e. The molecule has 0 aliphatic carbocycles. The molecule has 164 valence electrons. The van der Waals surface area contributed by atoms with Crippen molar-refractivity contribution in [3.8, 4) is 0 Å². The van der Waals surface area contributed by atoms with E-state index in [1.807, 2.05) is 23.7 Å². The molecule has 0 aliphatic rings. The van der Waals surface area contributed by atoms with E-state index in [4.69, 9.17) is 0 Å². The molecule has 2 aromatic carbocycles. The van der Waals surface area contributed by atoms with Crippen molar-refractivity contribution in [3.63, 3.8) is 0 Å². The smallest absolute Gasteiger partial charge is 0.265 e. The van der Waals surface area contributed by atoms with E-state index >= 15 is 0 Å². The molecule has 0 fully saturated rings. The van der Waals surface area contributed by atoms with Crippen molar-refractivity contribution in [2.24, 2.45) is 7.05 Å². The quantitative estimate of drug-likeness (QED) is 0.399. The monoisotopic (exact) mass is 469 g/mol. The molecule has 32 heavy (non-hydrogen) atoms. The third kappa shape index (κ3) is 4.95. The molecule has 2 aromatic heterocycles. The summed E-state index contributed by atoms with van der Waals surface area (Å²) in [5.41, 5.74) is 3.46. The molecular weight excluding hydrogens is 450 g/mol. The second kappa shape index (κ2) is 8.44. The summed E-state index contributed by atoms with van der Waals surface area (Å²) in [7, 11) is -1.56. The number of benzene rings is 2. The SMILES string of the molecule is Cn1cnc2ccc(NC(=O)c3csc(C(=O)Nc4cccc(NS(C)(=O)=O)c4)c3)cc21. The van der Waals surface area contributed by atoms with Gasteiger partial charge in [-0.3, -0.25) is 14.3 Å². The van der Waals surface area contributed by atoms with Crippen LogP contribution < -0.4 is 15.4 Å². The van der Waals surface area contributed by atoms with Crippen molar-refractivity contribution in [1.82, 2.24) is 9.55 Å². The highest BCUT2D eigenvalue weighted by Crippen LogP contribution is 2.22. The fourth-order valence-corrected chi connectivity index (χ4v) is 4.39. The largest absolute Gasteiger partial charge is 0.334 e. The van der Waals surface area contributed by atoms with E-state index in [1.54, 1.807) is 36.0 Å². The molecule has 2 amide bonds. The molecule has 0 radical (unpaired) electrons. The van der Waals surface area contributed by atoms with Crippen LogP contribution >= 0.6 is 11.3 Å². The fraction of sp³-hybridized carbons (Fsp3) is 0.0952. The third-order valence-corrected chi connectivity index (χ3v) is 6.03. The average Bonchev–Trinajstić information content (AvgIpc) is 3.35. The van der Waals surface area contributed by atoms with Crippen LogP contribution in [0.4, 0.5) is 17.1 Å². The summed E-state index contributed by atoms with van der Waals surface area (Å²) in [6.45, 7) is 0. The highest BCUT2D eigenvalue weighted by molar-refractivity contribution is 7.92. The van der Waals surface area contributed by atoms with Crippen LogP contribution in [0.5, 0.6) is 0 Å². The molecule has 0 saturated heterocycles. The Morgan fingerprint density at radius 2 is 1.69 bits per heavy atom. The lowest BCUT2D eigenvalue weighted by Crippen LogP contribution is -2.13. The highest BCUT2D eigenvalue weighted by atomic mass is 32.2. The zero-order chi connectivity index (χ0) is 22.9. The number of sulfonamides is 1. The van der Waals surface area contributed by atoms with Gasteiger partial charge in [0.15, 0.2) is 0 Å². The van der Waals surface area contributed by atoms with Gasteiger partial charge in [-0.1, -0.05) is 6.07 Å². The number of imidazole rings is 1. The predicted molar refractivity (Wildman–Crippen MR) is 126 cm³/mol. The molecular formula is C21H19N5O4S2. The minimum Gasteiger partial charge on any atom is -0.334 e. The standard InChI is InChI=1S/C21H19N5O4S2/c1-26-12-22-17-7-6-15(10-18(17)26)23-20(27)13-8-19(31-11-13)21(28)24-14-4-3-5-16(9-14)25-32(2,29)30/h3-12,25H,1-2H3,(H,23,27)(H,24,28). The Morgan fingerprint density at radius 1 is 0.969 bits per heavy atom. The van der Waals surface area contributed by atoms with Gasteiger partial charge in [0.25, 0.3) is 11.8 Å². The van der Waals surface area contributed by atoms with Gasteiger partial charge in [0.05, 0.1) is 39.7 Å². The molecule has 0 saturated carbocycles. The van der Waals surface area contributed by atoms with Crippen molar-refractivity contribution in [2.45, 2.75) is 0 Å². The molecule has 4 aromatic rings. The number of nitrogens with zero attached hydrogens (tertiary/aromatic N) is 2. The minimum atomic E-state index is -3.43. The van der Waals surface area contributed by atoms with Gasteiger partial charge in [0, 0.05) is 23.8 Å². The van der Waals surface area contributed by atoms with Crippen LogP contribution in [0.15, 0.2) is 60.2 Å². The molecule has 0 aliphatic heterocycles. The second-order valence-electron chi connectivity index (χ2n) is 7.12. The van der Waals surface area contributed by atoms with E-state index in [9.17, 15) is 18.0 Å². The summed E-state index contributed by atoms with van der Waals surface area (Å²) in [6, 6.07) is 13.3. The maximum atomic E-state index is 12.6. The Labute approximate surface area is 188 Å². The number of carbonyl (C=O) groups is 2. The second-order valence-corrected chi connectivity index (χ2v) is 9.78. The van der Waals surface area contributed by atoms with Crippen molar-refractivity contribution < 1.29 is 18.0 Å². The normalized spacial score (nSPS) is 11.3. The molecule has 9 nitrogen and oxygen atoms in total. The lowest BCUT2D eigenvalue weighted by atomic mass is 10.2. The molecule has 3 N–H and O–H groups in total. The Morgan fingerprint density at radius 3 is 2.47 bits per heavy atom. The minimum absolute atomic E-state index is 0.332. The van der Waals surface area contributed by atoms with Gasteiger partial charge in [-0.2, -0.15) is 0 Å². The lowest BCUT2D eigenvalue weighted by Gasteiger charge is -2.07. The number of rotatable bonds is 6. The number of carbonyl (C=O) groups excluding carboxylic acids is 2. The number of aryl methyl sites for hydroxylation is 1. The summed E-state index contributed by atoms with van der Waals surface area (Å²) in [5, 5.41) is 7.14. The van der Waals surface area contributed by atoms with Crippen LogP contribution in [0.1, 0.15) is 20.0 Å². The Hall–Kier alpha value is -3.70.